The highest BCUT2D eigenvalue weighted by atomic mass is 127. The lowest BCUT2D eigenvalue weighted by Crippen LogP contribution is -2.44. The molecule has 1 aromatic carbocycles. The molecule has 1 aliphatic heterocycles. The van der Waals surface area contributed by atoms with E-state index in [1.54, 1.807) is 18.2 Å². The first kappa shape index (κ1) is 26.1. The zero-order chi connectivity index (χ0) is 22.1. The fraction of sp³-hybridized carbons (Fsp3) is 0.478. The summed E-state index contributed by atoms with van der Waals surface area (Å²) < 4.78 is 19.5. The second-order valence-electron chi connectivity index (χ2n) is 7.75. The predicted molar refractivity (Wildman–Crippen MR) is 139 cm³/mol. The number of aliphatic imine (C=N–C) groups is 1. The number of aromatic nitrogens is 1. The maximum atomic E-state index is 13.8. The maximum absolute atomic E-state index is 13.8. The van der Waals surface area contributed by atoms with Gasteiger partial charge in [-0.3, -0.25) is 0 Å². The Kier molecular flexibility index (Phi) is 10.9. The van der Waals surface area contributed by atoms with Crippen LogP contribution in [0.5, 0.6) is 5.75 Å². The molecule has 2 N–H and O–H groups in total. The van der Waals surface area contributed by atoms with E-state index >= 15 is 0 Å². The standard InChI is InChI=1S/C23H33FN6O.HI/c1-4-25-23(27-16-18(2)31-21-8-6-5-7-20(21)24)28-17-19-9-10-26-22(15-19)30-13-11-29(3)12-14-30;/h5-10,15,18H,4,11-14,16-17H2,1-3H3,(H2,25,27,28);1H. The third-order valence-electron chi connectivity index (χ3n) is 5.12. The van der Waals surface area contributed by atoms with Gasteiger partial charge >= 0.3 is 0 Å². The SMILES string of the molecule is CCNC(=NCc1ccnc(N2CCN(C)CC2)c1)NCC(C)Oc1ccccc1F.I. The average molecular weight is 556 g/mol. The summed E-state index contributed by atoms with van der Waals surface area (Å²) in [7, 11) is 2.15. The van der Waals surface area contributed by atoms with Crippen LogP contribution in [0.3, 0.4) is 0 Å². The van der Waals surface area contributed by atoms with Crippen LogP contribution in [0.1, 0.15) is 19.4 Å². The number of guanidine groups is 1. The summed E-state index contributed by atoms with van der Waals surface area (Å²) in [5.74, 6) is 1.60. The Hall–Kier alpha value is -2.14. The second-order valence-corrected chi connectivity index (χ2v) is 7.75. The van der Waals surface area contributed by atoms with Crippen LogP contribution in [-0.4, -0.2) is 68.3 Å². The lowest BCUT2D eigenvalue weighted by atomic mass is 10.2. The number of halogens is 2. The number of para-hydroxylation sites is 1. The van der Waals surface area contributed by atoms with Crippen LogP contribution < -0.4 is 20.3 Å². The van der Waals surface area contributed by atoms with Crippen molar-refractivity contribution in [2.24, 2.45) is 4.99 Å². The Morgan fingerprint density at radius 1 is 1.19 bits per heavy atom. The van der Waals surface area contributed by atoms with Gasteiger partial charge in [0.05, 0.1) is 13.1 Å². The number of hydrogen-bond acceptors (Lipinski definition) is 5. The normalized spacial score (nSPS) is 15.6. The lowest BCUT2D eigenvalue weighted by Gasteiger charge is -2.33. The number of ether oxygens (including phenoxy) is 1. The van der Waals surface area contributed by atoms with Crippen molar-refractivity contribution in [3.63, 3.8) is 0 Å². The summed E-state index contributed by atoms with van der Waals surface area (Å²) in [4.78, 5) is 13.9. The van der Waals surface area contributed by atoms with E-state index in [1.807, 2.05) is 26.1 Å². The second kappa shape index (κ2) is 13.4. The van der Waals surface area contributed by atoms with Crippen molar-refractivity contribution in [2.45, 2.75) is 26.5 Å². The van der Waals surface area contributed by atoms with Gasteiger partial charge in [0.1, 0.15) is 11.9 Å². The zero-order valence-corrected chi connectivity index (χ0v) is 21.4. The smallest absolute Gasteiger partial charge is 0.191 e. The first-order valence-corrected chi connectivity index (χ1v) is 10.9. The van der Waals surface area contributed by atoms with E-state index in [0.717, 1.165) is 44.1 Å². The Labute approximate surface area is 207 Å². The highest BCUT2D eigenvalue weighted by molar-refractivity contribution is 14.0. The summed E-state index contributed by atoms with van der Waals surface area (Å²) in [6.07, 6.45) is 1.63. The quantitative estimate of drug-likeness (QED) is 0.296. The summed E-state index contributed by atoms with van der Waals surface area (Å²) in [5, 5.41) is 6.52. The number of anilines is 1. The Balaban J connectivity index is 0.00000363. The molecule has 1 atom stereocenters. The fourth-order valence-corrected chi connectivity index (χ4v) is 3.32. The van der Waals surface area contributed by atoms with Crippen LogP contribution in [0, 0.1) is 5.82 Å². The molecule has 2 heterocycles. The van der Waals surface area contributed by atoms with E-state index in [2.05, 4.69) is 43.5 Å². The number of pyridine rings is 1. The highest BCUT2D eigenvalue weighted by Gasteiger charge is 2.15. The zero-order valence-electron chi connectivity index (χ0n) is 19.1. The summed E-state index contributed by atoms with van der Waals surface area (Å²) in [5.41, 5.74) is 1.11. The molecule has 1 fully saturated rings. The summed E-state index contributed by atoms with van der Waals surface area (Å²) in [6.45, 7) is 9.78. The van der Waals surface area contributed by atoms with Gasteiger partial charge < -0.3 is 25.2 Å². The Morgan fingerprint density at radius 2 is 1.94 bits per heavy atom. The van der Waals surface area contributed by atoms with Crippen molar-refractivity contribution in [3.05, 3.63) is 54.0 Å². The topological polar surface area (TPSA) is 65.0 Å². The van der Waals surface area contributed by atoms with Gasteiger partial charge in [0.25, 0.3) is 0 Å². The van der Waals surface area contributed by atoms with Gasteiger partial charge in [-0.15, -0.1) is 24.0 Å². The summed E-state index contributed by atoms with van der Waals surface area (Å²) in [6, 6.07) is 10.5. The van der Waals surface area contributed by atoms with Crippen LogP contribution in [-0.2, 0) is 6.54 Å². The van der Waals surface area contributed by atoms with Crippen LogP contribution in [0.2, 0.25) is 0 Å². The third-order valence-corrected chi connectivity index (χ3v) is 5.12. The third kappa shape index (κ3) is 8.09. The van der Waals surface area contributed by atoms with Gasteiger partial charge in [0.15, 0.2) is 17.5 Å². The van der Waals surface area contributed by atoms with Crippen LogP contribution in [0.4, 0.5) is 10.2 Å². The van der Waals surface area contributed by atoms with Crippen LogP contribution in [0.15, 0.2) is 47.6 Å². The van der Waals surface area contributed by atoms with Gasteiger partial charge in [0.2, 0.25) is 0 Å². The number of rotatable bonds is 8. The highest BCUT2D eigenvalue weighted by Crippen LogP contribution is 2.17. The number of benzene rings is 1. The van der Waals surface area contributed by atoms with Crippen molar-refractivity contribution in [2.75, 3.05) is 51.2 Å². The molecule has 7 nitrogen and oxygen atoms in total. The first-order valence-electron chi connectivity index (χ1n) is 10.9. The fourth-order valence-electron chi connectivity index (χ4n) is 3.32. The minimum Gasteiger partial charge on any atom is -0.486 e. The molecule has 3 rings (SSSR count). The first-order chi connectivity index (χ1) is 15.0. The number of piperazine rings is 1. The molecule has 1 unspecified atom stereocenters. The molecule has 0 radical (unpaired) electrons. The molecule has 32 heavy (non-hydrogen) atoms. The maximum Gasteiger partial charge on any atom is 0.191 e. The van der Waals surface area contributed by atoms with Gasteiger partial charge in [-0.2, -0.15) is 0 Å². The van der Waals surface area contributed by atoms with Crippen molar-refractivity contribution in [1.82, 2.24) is 20.5 Å². The van der Waals surface area contributed by atoms with Crippen LogP contribution in [0.25, 0.3) is 0 Å². The number of hydrogen-bond donors (Lipinski definition) is 2. The molecule has 0 saturated carbocycles. The minimum absolute atomic E-state index is 0. The monoisotopic (exact) mass is 556 g/mol. The van der Waals surface area contributed by atoms with E-state index in [4.69, 9.17) is 4.74 Å². The average Bonchev–Trinajstić information content (AvgIpc) is 2.78. The van der Waals surface area contributed by atoms with Crippen molar-refractivity contribution in [3.8, 4) is 5.75 Å². The molecule has 0 amide bonds. The molecule has 0 spiro atoms. The molecule has 0 aliphatic carbocycles. The summed E-state index contributed by atoms with van der Waals surface area (Å²) >= 11 is 0. The Bertz CT molecular complexity index is 860. The van der Waals surface area contributed by atoms with Crippen molar-refractivity contribution < 1.29 is 9.13 Å². The van der Waals surface area contributed by atoms with Gasteiger partial charge in [-0.25, -0.2) is 14.4 Å². The number of likely N-dealkylation sites (N-methyl/N-ethyl adjacent to an activating group) is 1. The largest absolute Gasteiger partial charge is 0.486 e. The van der Waals surface area contributed by atoms with Crippen LogP contribution >= 0.6 is 24.0 Å². The lowest BCUT2D eigenvalue weighted by molar-refractivity contribution is 0.214. The molecular formula is C23H34FIN6O. The van der Waals surface area contributed by atoms with E-state index in [1.165, 1.54) is 6.07 Å². The number of nitrogens with one attached hydrogen (secondary N) is 2. The molecule has 1 saturated heterocycles. The molecule has 0 bridgehead atoms. The van der Waals surface area contributed by atoms with Crippen molar-refractivity contribution in [1.29, 1.82) is 0 Å². The van der Waals surface area contributed by atoms with Gasteiger partial charge in [-0.05, 0) is 50.7 Å². The Morgan fingerprint density at radius 3 is 2.66 bits per heavy atom. The van der Waals surface area contributed by atoms with E-state index in [9.17, 15) is 4.39 Å². The van der Waals surface area contributed by atoms with E-state index in [0.29, 0.717) is 19.0 Å². The predicted octanol–water partition coefficient (Wildman–Crippen LogP) is 3.11. The van der Waals surface area contributed by atoms with Crippen molar-refractivity contribution >= 4 is 35.8 Å². The molecule has 2 aromatic rings. The molecule has 1 aliphatic rings. The van der Waals surface area contributed by atoms with Gasteiger partial charge in [-0.1, -0.05) is 12.1 Å². The molecular weight excluding hydrogens is 522 g/mol. The number of nitrogens with zero attached hydrogens (tertiary/aromatic N) is 4. The minimum atomic E-state index is -0.358. The van der Waals surface area contributed by atoms with E-state index < -0.39 is 0 Å². The molecule has 9 heteroatoms. The van der Waals surface area contributed by atoms with E-state index in [-0.39, 0.29) is 41.6 Å². The molecule has 176 valence electrons. The molecule has 1 aromatic heterocycles. The van der Waals surface area contributed by atoms with Gasteiger partial charge in [0, 0.05) is 38.9 Å².